The molecule has 2 aliphatic carbocycles. The predicted molar refractivity (Wildman–Crippen MR) is 148 cm³/mol. The van der Waals surface area contributed by atoms with Gasteiger partial charge in [0.05, 0.1) is 26.7 Å². The molecule has 3 aromatic carbocycles. The standard InChI is InChI=1S/C33H36NO4/c1-34(2,21-11-10-14-23-12-4-3-5-13-23)28-22-24-19-20-25(28)31(24)38-32(35)33(36)26-15-6-8-17-29(26)37-30-18-9-7-16-27(30)33/h3-10,12-18,24-25,28,31,36H,11,19-22H2,1-2H3/q+1/b14-10+/t24?,25?,28-,31?/m0/s1. The fraction of sp³-hybridized carbons (Fsp3) is 0.364. The molecule has 1 heterocycles. The number of hydrogen-bond donors (Lipinski definition) is 1. The maximum Gasteiger partial charge on any atom is 0.348 e. The van der Waals surface area contributed by atoms with E-state index in [0.29, 0.717) is 40.5 Å². The van der Waals surface area contributed by atoms with Gasteiger partial charge in [-0.3, -0.25) is 0 Å². The molecule has 3 aliphatic rings. The van der Waals surface area contributed by atoms with Crippen molar-refractivity contribution in [2.75, 3.05) is 20.6 Å². The molecule has 2 bridgehead atoms. The molecule has 1 aliphatic heterocycles. The van der Waals surface area contributed by atoms with Crippen molar-refractivity contribution in [2.24, 2.45) is 11.8 Å². The van der Waals surface area contributed by atoms with E-state index in [1.54, 1.807) is 24.3 Å². The maximum atomic E-state index is 13.9. The molecule has 196 valence electrons. The number of carbonyl (C=O) groups is 1. The van der Waals surface area contributed by atoms with Gasteiger partial charge in [-0.15, -0.1) is 0 Å². The summed E-state index contributed by atoms with van der Waals surface area (Å²) >= 11 is 0. The van der Waals surface area contributed by atoms with E-state index in [1.807, 2.05) is 30.3 Å². The second-order valence-electron chi connectivity index (χ2n) is 11.6. The number of hydrogen-bond acceptors (Lipinski definition) is 4. The zero-order valence-corrected chi connectivity index (χ0v) is 22.1. The summed E-state index contributed by atoms with van der Waals surface area (Å²) in [6.07, 6.45) is 8.45. The van der Waals surface area contributed by atoms with Gasteiger partial charge in [-0.05, 0) is 30.5 Å². The van der Waals surface area contributed by atoms with Gasteiger partial charge in [-0.2, -0.15) is 0 Å². The fourth-order valence-electron chi connectivity index (χ4n) is 6.98. The van der Waals surface area contributed by atoms with Crippen LogP contribution in [0.3, 0.4) is 0 Å². The molecule has 1 N–H and O–H groups in total. The molecular weight excluding hydrogens is 474 g/mol. The lowest BCUT2D eigenvalue weighted by Gasteiger charge is -2.40. The van der Waals surface area contributed by atoms with Crippen LogP contribution >= 0.6 is 0 Å². The minimum Gasteiger partial charge on any atom is -0.459 e. The molecule has 0 amide bonds. The molecule has 38 heavy (non-hydrogen) atoms. The van der Waals surface area contributed by atoms with Crippen LogP contribution in [0.1, 0.15) is 42.4 Å². The van der Waals surface area contributed by atoms with Crippen molar-refractivity contribution >= 4 is 12.0 Å². The summed E-state index contributed by atoms with van der Waals surface area (Å²) in [6, 6.07) is 25.2. The number of aliphatic hydroxyl groups is 1. The molecule has 0 saturated heterocycles. The summed E-state index contributed by atoms with van der Waals surface area (Å²) in [6.45, 7) is 1.03. The second-order valence-corrected chi connectivity index (χ2v) is 11.6. The third kappa shape index (κ3) is 4.24. The van der Waals surface area contributed by atoms with Gasteiger partial charge in [0.1, 0.15) is 17.6 Å². The molecule has 3 unspecified atom stereocenters. The Hall–Kier alpha value is -3.41. The summed E-state index contributed by atoms with van der Waals surface area (Å²) in [5.41, 5.74) is 0.202. The summed E-state index contributed by atoms with van der Waals surface area (Å²) < 4.78 is 13.2. The first-order valence-corrected chi connectivity index (χ1v) is 13.7. The topological polar surface area (TPSA) is 55.8 Å². The molecule has 2 saturated carbocycles. The quantitative estimate of drug-likeness (QED) is 0.317. The van der Waals surface area contributed by atoms with Crippen LogP contribution < -0.4 is 4.74 Å². The van der Waals surface area contributed by atoms with Crippen LogP contribution in [0.25, 0.3) is 6.08 Å². The Morgan fingerprint density at radius 3 is 2.29 bits per heavy atom. The Morgan fingerprint density at radius 2 is 1.61 bits per heavy atom. The van der Waals surface area contributed by atoms with Gasteiger partial charge < -0.3 is 19.1 Å². The first kappa shape index (κ1) is 24.9. The largest absolute Gasteiger partial charge is 0.459 e. The van der Waals surface area contributed by atoms with Gasteiger partial charge in [0.15, 0.2) is 0 Å². The van der Waals surface area contributed by atoms with Gasteiger partial charge in [0, 0.05) is 35.8 Å². The number of rotatable bonds is 7. The molecule has 4 atom stereocenters. The van der Waals surface area contributed by atoms with E-state index in [2.05, 4.69) is 50.5 Å². The van der Waals surface area contributed by atoms with Gasteiger partial charge in [-0.1, -0.05) is 78.9 Å². The van der Waals surface area contributed by atoms with E-state index in [-0.39, 0.29) is 6.10 Å². The van der Waals surface area contributed by atoms with E-state index in [1.165, 1.54) is 5.56 Å². The van der Waals surface area contributed by atoms with Gasteiger partial charge in [-0.25, -0.2) is 4.79 Å². The Kier molecular flexibility index (Phi) is 6.37. The first-order valence-electron chi connectivity index (χ1n) is 13.7. The number of carbonyl (C=O) groups excluding carboxylic acids is 1. The van der Waals surface area contributed by atoms with Crippen molar-refractivity contribution in [1.82, 2.24) is 0 Å². The van der Waals surface area contributed by atoms with E-state index >= 15 is 0 Å². The highest BCUT2D eigenvalue weighted by Crippen LogP contribution is 2.52. The Labute approximate surface area is 224 Å². The van der Waals surface area contributed by atoms with Crippen molar-refractivity contribution in [3.63, 3.8) is 0 Å². The second kappa shape index (κ2) is 9.72. The first-order chi connectivity index (χ1) is 18.4. The summed E-state index contributed by atoms with van der Waals surface area (Å²) in [4.78, 5) is 13.9. The predicted octanol–water partition coefficient (Wildman–Crippen LogP) is 5.92. The number of quaternary nitrogens is 1. The van der Waals surface area contributed by atoms with Crippen molar-refractivity contribution < 1.29 is 23.9 Å². The average Bonchev–Trinajstić information content (AvgIpc) is 3.49. The van der Waals surface area contributed by atoms with E-state index in [4.69, 9.17) is 9.47 Å². The molecule has 6 rings (SSSR count). The molecule has 0 radical (unpaired) electrons. The number of nitrogens with zero attached hydrogens (tertiary/aromatic N) is 1. The van der Waals surface area contributed by atoms with Crippen molar-refractivity contribution in [2.45, 2.75) is 43.4 Å². The molecule has 0 aromatic heterocycles. The van der Waals surface area contributed by atoms with Crippen molar-refractivity contribution in [3.05, 3.63) is 102 Å². The van der Waals surface area contributed by atoms with Crippen LogP contribution in [-0.2, 0) is 15.1 Å². The van der Waals surface area contributed by atoms with Crippen LogP contribution in [0.5, 0.6) is 11.5 Å². The number of esters is 1. The molecule has 2 fully saturated rings. The van der Waals surface area contributed by atoms with Gasteiger partial charge in [0.2, 0.25) is 5.60 Å². The van der Waals surface area contributed by atoms with Gasteiger partial charge in [0.25, 0.3) is 0 Å². The number of fused-ring (bicyclic) bond motifs is 4. The third-order valence-corrected chi connectivity index (χ3v) is 8.99. The average molecular weight is 511 g/mol. The highest BCUT2D eigenvalue weighted by Gasteiger charge is 2.58. The lowest BCUT2D eigenvalue weighted by atomic mass is 9.83. The van der Waals surface area contributed by atoms with Crippen LogP contribution in [0.4, 0.5) is 0 Å². The van der Waals surface area contributed by atoms with E-state index in [9.17, 15) is 9.90 Å². The summed E-state index contributed by atoms with van der Waals surface area (Å²) in [5, 5.41) is 12.0. The van der Waals surface area contributed by atoms with Crippen LogP contribution in [0.2, 0.25) is 0 Å². The Balaban J connectivity index is 1.18. The molecular formula is C33H36NO4+. The Morgan fingerprint density at radius 1 is 0.974 bits per heavy atom. The van der Waals surface area contributed by atoms with Crippen LogP contribution in [0, 0.1) is 11.8 Å². The van der Waals surface area contributed by atoms with Gasteiger partial charge >= 0.3 is 5.97 Å². The Bertz CT molecular complexity index is 1300. The van der Waals surface area contributed by atoms with Crippen molar-refractivity contribution in [3.8, 4) is 11.5 Å². The van der Waals surface area contributed by atoms with Crippen molar-refractivity contribution in [1.29, 1.82) is 0 Å². The lowest BCUT2D eigenvalue weighted by molar-refractivity contribution is -0.918. The number of benzene rings is 3. The monoisotopic (exact) mass is 510 g/mol. The normalized spacial score (nSPS) is 25.0. The maximum absolute atomic E-state index is 13.9. The molecule has 5 heteroatoms. The zero-order valence-electron chi connectivity index (χ0n) is 22.1. The highest BCUT2D eigenvalue weighted by molar-refractivity contribution is 5.88. The minimum atomic E-state index is -1.89. The fourth-order valence-corrected chi connectivity index (χ4v) is 6.98. The minimum absolute atomic E-state index is 0.170. The summed E-state index contributed by atoms with van der Waals surface area (Å²) in [5.74, 6) is 1.00. The third-order valence-electron chi connectivity index (χ3n) is 8.99. The highest BCUT2D eigenvalue weighted by atomic mass is 16.6. The van der Waals surface area contributed by atoms with E-state index in [0.717, 1.165) is 36.7 Å². The molecule has 0 spiro atoms. The number of ether oxygens (including phenoxy) is 2. The van der Waals surface area contributed by atoms with E-state index < -0.39 is 11.6 Å². The summed E-state index contributed by atoms with van der Waals surface area (Å²) in [7, 11) is 4.61. The van der Waals surface area contributed by atoms with Crippen LogP contribution in [-0.4, -0.2) is 48.3 Å². The smallest absolute Gasteiger partial charge is 0.348 e. The van der Waals surface area contributed by atoms with Crippen LogP contribution in [0.15, 0.2) is 84.9 Å². The molecule has 5 nitrogen and oxygen atoms in total. The lowest BCUT2D eigenvalue weighted by Crippen LogP contribution is -2.52. The number of para-hydroxylation sites is 2. The SMILES string of the molecule is C[N+](C)(CC/C=C/c1ccccc1)[C@H]1CC2CCC1C2OC(=O)C1(O)c2ccccc2Oc2ccccc21. The zero-order chi connectivity index (χ0) is 26.3. The molecule has 3 aromatic rings.